The van der Waals surface area contributed by atoms with E-state index in [0.29, 0.717) is 34.9 Å². The van der Waals surface area contributed by atoms with Crippen LogP contribution < -0.4 is 16.0 Å². The molecule has 2 unspecified atom stereocenters. The van der Waals surface area contributed by atoms with Crippen LogP contribution in [0.2, 0.25) is 5.02 Å². The molecule has 1 saturated heterocycles. The molecule has 3 aromatic rings. The molecule has 0 aromatic heterocycles. The van der Waals surface area contributed by atoms with E-state index in [2.05, 4.69) is 31.9 Å². The van der Waals surface area contributed by atoms with E-state index in [9.17, 15) is 14.4 Å². The van der Waals surface area contributed by atoms with Gasteiger partial charge in [-0.1, -0.05) is 45.7 Å². The summed E-state index contributed by atoms with van der Waals surface area (Å²) in [6, 6.07) is 18.8. The number of rotatable bonds is 5. The molecule has 0 spiro atoms. The minimum absolute atomic E-state index is 0.239. The molecule has 4 rings (SSSR count). The van der Waals surface area contributed by atoms with E-state index in [1.54, 1.807) is 47.4 Å². The zero-order valence-electron chi connectivity index (χ0n) is 22.8. The number of anilines is 2. The molecule has 3 aromatic carbocycles. The summed E-state index contributed by atoms with van der Waals surface area (Å²) in [7, 11) is 0. The van der Waals surface area contributed by atoms with E-state index < -0.39 is 11.7 Å². The molecule has 0 saturated carbocycles. The predicted molar refractivity (Wildman–Crippen MR) is 161 cm³/mol. The Hall–Kier alpha value is -3.56. The summed E-state index contributed by atoms with van der Waals surface area (Å²) in [5.41, 5.74) is 2.74. The Labute approximate surface area is 247 Å². The maximum absolute atomic E-state index is 13.0. The second kappa shape index (κ2) is 12.3. The van der Waals surface area contributed by atoms with Crippen molar-refractivity contribution in [2.24, 2.45) is 0 Å². The van der Waals surface area contributed by atoms with Crippen molar-refractivity contribution < 1.29 is 19.1 Å². The third kappa shape index (κ3) is 7.76. The van der Waals surface area contributed by atoms with E-state index in [-0.39, 0.29) is 24.0 Å². The lowest BCUT2D eigenvalue weighted by molar-refractivity contribution is 0.0221. The first-order chi connectivity index (χ1) is 18.9. The maximum atomic E-state index is 13.0. The van der Waals surface area contributed by atoms with Crippen molar-refractivity contribution >= 4 is 56.9 Å². The van der Waals surface area contributed by atoms with Gasteiger partial charge in [0.2, 0.25) is 0 Å². The van der Waals surface area contributed by atoms with Crippen molar-refractivity contribution in [1.29, 1.82) is 0 Å². The first-order valence-electron chi connectivity index (χ1n) is 12.9. The largest absolute Gasteiger partial charge is 0.444 e. The molecule has 1 fully saturated rings. The Morgan fingerprint density at radius 1 is 1.00 bits per heavy atom. The van der Waals surface area contributed by atoms with Gasteiger partial charge in [-0.05, 0) is 93.8 Å². The molecule has 1 aliphatic rings. The van der Waals surface area contributed by atoms with Gasteiger partial charge in [-0.25, -0.2) is 9.59 Å². The molecule has 0 radical (unpaired) electrons. The highest BCUT2D eigenvalue weighted by Gasteiger charge is 2.39. The smallest absolute Gasteiger partial charge is 0.410 e. The maximum Gasteiger partial charge on any atom is 0.410 e. The van der Waals surface area contributed by atoms with Crippen LogP contribution in [0, 0.1) is 6.92 Å². The van der Waals surface area contributed by atoms with Gasteiger partial charge < -0.3 is 20.7 Å². The SMILES string of the molecule is Cc1cc(NC(=O)c2cccc(Cl)c2)ccc1NC(=O)NC1CC(c2ccc(Br)cc2)N(C(=O)OC(C)(C)C)C1. The average molecular weight is 628 g/mol. The lowest BCUT2D eigenvalue weighted by Crippen LogP contribution is -2.42. The zero-order valence-corrected chi connectivity index (χ0v) is 25.1. The number of aryl methyl sites for hydroxylation is 1. The Morgan fingerprint density at radius 3 is 2.38 bits per heavy atom. The molecular formula is C30H32BrClN4O4. The lowest BCUT2D eigenvalue weighted by atomic mass is 10.0. The summed E-state index contributed by atoms with van der Waals surface area (Å²) in [6.45, 7) is 7.64. The van der Waals surface area contributed by atoms with E-state index in [1.807, 2.05) is 52.0 Å². The number of hydrogen-bond acceptors (Lipinski definition) is 4. The van der Waals surface area contributed by atoms with Crippen LogP contribution in [-0.4, -0.2) is 41.1 Å². The van der Waals surface area contributed by atoms with Crippen LogP contribution in [0.1, 0.15) is 54.7 Å². The van der Waals surface area contributed by atoms with Crippen molar-refractivity contribution in [3.8, 4) is 0 Å². The van der Waals surface area contributed by atoms with Gasteiger partial charge in [0.15, 0.2) is 0 Å². The van der Waals surface area contributed by atoms with Crippen molar-refractivity contribution in [3.63, 3.8) is 0 Å². The van der Waals surface area contributed by atoms with Crippen molar-refractivity contribution in [3.05, 3.63) is 92.9 Å². The number of likely N-dealkylation sites (tertiary alicyclic amines) is 1. The summed E-state index contributed by atoms with van der Waals surface area (Å²) in [6.07, 6.45) is 0.123. The number of benzene rings is 3. The Morgan fingerprint density at radius 2 is 1.73 bits per heavy atom. The first-order valence-corrected chi connectivity index (χ1v) is 14.1. The number of halogens is 2. The number of nitrogens with zero attached hydrogens (tertiary/aromatic N) is 1. The Balaban J connectivity index is 1.40. The van der Waals surface area contributed by atoms with Crippen LogP contribution in [0.5, 0.6) is 0 Å². The van der Waals surface area contributed by atoms with Crippen LogP contribution in [0.3, 0.4) is 0 Å². The van der Waals surface area contributed by atoms with Gasteiger partial charge in [-0.15, -0.1) is 0 Å². The normalized spacial score (nSPS) is 16.8. The number of hydrogen-bond donors (Lipinski definition) is 3. The van der Waals surface area contributed by atoms with Gasteiger partial charge >= 0.3 is 12.1 Å². The number of amides is 4. The molecule has 1 aliphatic heterocycles. The van der Waals surface area contributed by atoms with Gasteiger partial charge in [0.05, 0.1) is 12.1 Å². The summed E-state index contributed by atoms with van der Waals surface area (Å²) >= 11 is 9.44. The van der Waals surface area contributed by atoms with Crippen molar-refractivity contribution in [1.82, 2.24) is 10.2 Å². The highest BCUT2D eigenvalue weighted by molar-refractivity contribution is 9.10. The number of urea groups is 1. The molecule has 8 nitrogen and oxygen atoms in total. The molecule has 3 N–H and O–H groups in total. The monoisotopic (exact) mass is 626 g/mol. The number of carbonyl (C=O) groups excluding carboxylic acids is 3. The third-order valence-electron chi connectivity index (χ3n) is 6.34. The third-order valence-corrected chi connectivity index (χ3v) is 7.10. The summed E-state index contributed by atoms with van der Waals surface area (Å²) < 4.78 is 6.59. The van der Waals surface area contributed by atoms with Crippen LogP contribution in [-0.2, 0) is 4.74 Å². The fraction of sp³-hybridized carbons (Fsp3) is 0.300. The summed E-state index contributed by atoms with van der Waals surface area (Å²) in [5.74, 6) is -0.281. The van der Waals surface area contributed by atoms with Crippen molar-refractivity contribution in [2.75, 3.05) is 17.2 Å². The van der Waals surface area contributed by atoms with Gasteiger partial charge in [-0.2, -0.15) is 0 Å². The molecule has 1 heterocycles. The van der Waals surface area contributed by atoms with Gasteiger partial charge in [0, 0.05) is 33.0 Å². The minimum Gasteiger partial charge on any atom is -0.444 e. The molecule has 4 amide bonds. The van der Waals surface area contributed by atoms with Gasteiger partial charge in [0.25, 0.3) is 5.91 Å². The van der Waals surface area contributed by atoms with E-state index in [4.69, 9.17) is 16.3 Å². The Kier molecular flexibility index (Phi) is 9.05. The van der Waals surface area contributed by atoms with Gasteiger partial charge in [0.1, 0.15) is 5.60 Å². The van der Waals surface area contributed by atoms with Crippen molar-refractivity contribution in [2.45, 2.75) is 51.8 Å². The van der Waals surface area contributed by atoms with Gasteiger partial charge in [-0.3, -0.25) is 9.69 Å². The Bertz CT molecular complexity index is 1410. The number of nitrogens with one attached hydrogen (secondary N) is 3. The minimum atomic E-state index is -0.637. The van der Waals surface area contributed by atoms with E-state index in [0.717, 1.165) is 15.6 Å². The topological polar surface area (TPSA) is 99.8 Å². The van der Waals surface area contributed by atoms with Crippen LogP contribution in [0.4, 0.5) is 21.0 Å². The molecule has 40 heavy (non-hydrogen) atoms. The summed E-state index contributed by atoms with van der Waals surface area (Å²) in [5, 5.41) is 9.20. The average Bonchev–Trinajstić information content (AvgIpc) is 3.29. The van der Waals surface area contributed by atoms with E-state index in [1.165, 1.54) is 0 Å². The molecular weight excluding hydrogens is 596 g/mol. The highest BCUT2D eigenvalue weighted by Crippen LogP contribution is 2.34. The molecule has 2 atom stereocenters. The molecule has 10 heteroatoms. The fourth-order valence-corrected chi connectivity index (χ4v) is 4.98. The van der Waals surface area contributed by atoms with E-state index >= 15 is 0 Å². The number of ether oxygens (including phenoxy) is 1. The fourth-order valence-electron chi connectivity index (χ4n) is 4.52. The van der Waals surface area contributed by atoms with Crippen LogP contribution >= 0.6 is 27.5 Å². The standard InChI is InChI=1S/C30H32BrClN4O4/c1-18-14-23(33-27(37)20-6-5-7-22(32)15-20)12-13-25(18)35-28(38)34-24-16-26(19-8-10-21(31)11-9-19)36(17-24)29(39)40-30(2,3)4/h5-15,24,26H,16-17H2,1-4H3,(H,33,37)(H2,34,35,38). The number of carbonyl (C=O) groups is 3. The second-order valence-electron chi connectivity index (χ2n) is 10.7. The van der Waals surface area contributed by atoms with Crippen LogP contribution in [0.25, 0.3) is 0 Å². The summed E-state index contributed by atoms with van der Waals surface area (Å²) in [4.78, 5) is 40.2. The predicted octanol–water partition coefficient (Wildman–Crippen LogP) is 7.54. The first kappa shape index (κ1) is 29.4. The molecule has 0 aliphatic carbocycles. The zero-order chi connectivity index (χ0) is 29.0. The lowest BCUT2D eigenvalue weighted by Gasteiger charge is -2.28. The molecule has 0 bridgehead atoms. The van der Waals surface area contributed by atoms with Crippen LogP contribution in [0.15, 0.2) is 71.2 Å². The quantitative estimate of drug-likeness (QED) is 0.272. The highest BCUT2D eigenvalue weighted by atomic mass is 79.9. The molecule has 210 valence electrons. The second-order valence-corrected chi connectivity index (χ2v) is 12.1.